The molecule has 0 saturated heterocycles. The van der Waals surface area contributed by atoms with Crippen LogP contribution in [0.4, 0.5) is 0 Å². The summed E-state index contributed by atoms with van der Waals surface area (Å²) in [6.45, 7) is 4.75. The van der Waals surface area contributed by atoms with E-state index in [9.17, 15) is 0 Å². The second-order valence-electron chi connectivity index (χ2n) is 8.90. The van der Waals surface area contributed by atoms with E-state index in [0.717, 1.165) is 11.0 Å². The third kappa shape index (κ3) is 16.2. The lowest BCUT2D eigenvalue weighted by Gasteiger charge is -2.30. The standard InChI is InChI=1S/C25H46N.ClH/c1-4-5-6-7-8-9-10-11-12-13-14-15-16-20-23-26(2,3)24-25-21-18-17-19-22-25;/h17-19,21-22H,4-16,20,23-24H2,1-3H3;1H/q+1;/p-1. The summed E-state index contributed by atoms with van der Waals surface area (Å²) in [5, 5.41) is 0. The molecule has 0 N–H and O–H groups in total. The normalized spacial score (nSPS) is 11.4. The number of nitrogens with zero attached hydrogens (tertiary/aromatic N) is 1. The van der Waals surface area contributed by atoms with Gasteiger partial charge in [0, 0.05) is 5.56 Å². The topological polar surface area (TPSA) is 0 Å². The van der Waals surface area contributed by atoms with Gasteiger partial charge in [-0.3, -0.25) is 0 Å². The van der Waals surface area contributed by atoms with Crippen molar-refractivity contribution < 1.29 is 16.9 Å². The molecule has 158 valence electrons. The molecule has 0 heterocycles. The van der Waals surface area contributed by atoms with Crippen LogP contribution in [-0.4, -0.2) is 25.1 Å². The number of quaternary nitrogens is 1. The van der Waals surface area contributed by atoms with Crippen molar-refractivity contribution in [2.24, 2.45) is 0 Å². The third-order valence-corrected chi connectivity index (χ3v) is 5.57. The van der Waals surface area contributed by atoms with Crippen LogP contribution in [0.2, 0.25) is 0 Å². The van der Waals surface area contributed by atoms with E-state index in [1.165, 1.54) is 102 Å². The number of hydrogen-bond acceptors (Lipinski definition) is 0. The van der Waals surface area contributed by atoms with E-state index in [0.29, 0.717) is 0 Å². The van der Waals surface area contributed by atoms with Gasteiger partial charge in [-0.2, -0.15) is 0 Å². The van der Waals surface area contributed by atoms with Crippen molar-refractivity contribution in [2.75, 3.05) is 20.6 Å². The lowest BCUT2D eigenvalue weighted by molar-refractivity contribution is -0.903. The van der Waals surface area contributed by atoms with Crippen LogP contribution in [0.1, 0.15) is 102 Å². The zero-order chi connectivity index (χ0) is 18.9. The van der Waals surface area contributed by atoms with E-state index in [2.05, 4.69) is 51.4 Å². The number of benzene rings is 1. The molecule has 0 aliphatic rings. The van der Waals surface area contributed by atoms with E-state index < -0.39 is 0 Å². The lowest BCUT2D eigenvalue weighted by Crippen LogP contribution is -3.00. The summed E-state index contributed by atoms with van der Waals surface area (Å²) >= 11 is 0. The fraction of sp³-hybridized carbons (Fsp3) is 0.760. The summed E-state index contributed by atoms with van der Waals surface area (Å²) in [5.74, 6) is 0. The number of hydrogen-bond donors (Lipinski definition) is 0. The molecule has 0 aliphatic heterocycles. The summed E-state index contributed by atoms with van der Waals surface area (Å²) in [6, 6.07) is 10.9. The van der Waals surface area contributed by atoms with Gasteiger partial charge in [0.15, 0.2) is 0 Å². The Kier molecular flexibility index (Phi) is 17.2. The fourth-order valence-corrected chi connectivity index (χ4v) is 3.89. The van der Waals surface area contributed by atoms with Crippen LogP contribution < -0.4 is 12.4 Å². The SMILES string of the molecule is CCCCCCCCCCCCCCCC[N+](C)(C)Cc1ccccc1.[Cl-]. The van der Waals surface area contributed by atoms with Crippen LogP contribution in [0.25, 0.3) is 0 Å². The second kappa shape index (κ2) is 17.6. The van der Waals surface area contributed by atoms with E-state index >= 15 is 0 Å². The molecule has 0 aromatic heterocycles. The van der Waals surface area contributed by atoms with Crippen LogP contribution in [0.5, 0.6) is 0 Å². The summed E-state index contributed by atoms with van der Waals surface area (Å²) in [5.41, 5.74) is 1.46. The number of unbranched alkanes of at least 4 members (excludes halogenated alkanes) is 13. The van der Waals surface area contributed by atoms with Gasteiger partial charge >= 0.3 is 0 Å². The molecular weight excluding hydrogens is 350 g/mol. The van der Waals surface area contributed by atoms with Crippen molar-refractivity contribution in [1.82, 2.24) is 0 Å². The van der Waals surface area contributed by atoms with Crippen molar-refractivity contribution in [1.29, 1.82) is 0 Å². The molecule has 0 amide bonds. The Morgan fingerprint density at radius 1 is 0.593 bits per heavy atom. The molecule has 0 bridgehead atoms. The van der Waals surface area contributed by atoms with Gasteiger partial charge in [0.2, 0.25) is 0 Å². The van der Waals surface area contributed by atoms with Gasteiger partial charge in [-0.1, -0.05) is 114 Å². The molecule has 1 nitrogen and oxygen atoms in total. The van der Waals surface area contributed by atoms with Crippen LogP contribution >= 0.6 is 0 Å². The van der Waals surface area contributed by atoms with Gasteiger partial charge in [0.25, 0.3) is 0 Å². The maximum Gasteiger partial charge on any atom is 0.104 e. The molecule has 1 aromatic rings. The number of halogens is 1. The molecule has 0 aliphatic carbocycles. The predicted octanol–water partition coefficient (Wildman–Crippen LogP) is 4.75. The van der Waals surface area contributed by atoms with E-state index in [1.54, 1.807) is 0 Å². The highest BCUT2D eigenvalue weighted by Gasteiger charge is 2.14. The molecular formula is C25H46ClN. The second-order valence-corrected chi connectivity index (χ2v) is 8.90. The lowest BCUT2D eigenvalue weighted by atomic mass is 10.0. The molecule has 0 radical (unpaired) electrons. The Balaban J connectivity index is 0.00000676. The zero-order valence-electron chi connectivity index (χ0n) is 18.5. The van der Waals surface area contributed by atoms with Crippen LogP contribution in [0, 0.1) is 0 Å². The van der Waals surface area contributed by atoms with Gasteiger partial charge in [-0.25, -0.2) is 0 Å². The Morgan fingerprint density at radius 3 is 1.44 bits per heavy atom. The van der Waals surface area contributed by atoms with Crippen LogP contribution in [-0.2, 0) is 6.54 Å². The van der Waals surface area contributed by atoms with Gasteiger partial charge < -0.3 is 16.9 Å². The van der Waals surface area contributed by atoms with Crippen molar-refractivity contribution in [3.05, 3.63) is 35.9 Å². The minimum Gasteiger partial charge on any atom is -1.00 e. The van der Waals surface area contributed by atoms with Crippen molar-refractivity contribution in [2.45, 2.75) is 103 Å². The third-order valence-electron chi connectivity index (χ3n) is 5.57. The molecule has 0 fully saturated rings. The molecule has 0 spiro atoms. The predicted molar refractivity (Wildman–Crippen MR) is 117 cm³/mol. The Bertz CT molecular complexity index is 416. The smallest absolute Gasteiger partial charge is 0.104 e. The first-order valence-corrected chi connectivity index (χ1v) is 11.5. The minimum atomic E-state index is 0. The molecule has 27 heavy (non-hydrogen) atoms. The maximum atomic E-state index is 2.37. The average molecular weight is 396 g/mol. The molecule has 0 unspecified atom stereocenters. The first-order chi connectivity index (χ1) is 12.6. The number of rotatable bonds is 17. The highest BCUT2D eigenvalue weighted by molar-refractivity contribution is 5.13. The average Bonchev–Trinajstić information content (AvgIpc) is 2.62. The van der Waals surface area contributed by atoms with Crippen molar-refractivity contribution in [3.63, 3.8) is 0 Å². The van der Waals surface area contributed by atoms with Crippen LogP contribution in [0.3, 0.4) is 0 Å². The van der Waals surface area contributed by atoms with Gasteiger partial charge in [-0.05, 0) is 12.8 Å². The zero-order valence-corrected chi connectivity index (χ0v) is 19.3. The maximum absolute atomic E-state index is 2.37. The summed E-state index contributed by atoms with van der Waals surface area (Å²) in [7, 11) is 4.74. The van der Waals surface area contributed by atoms with E-state index in [1.807, 2.05) is 0 Å². The monoisotopic (exact) mass is 395 g/mol. The molecule has 1 rings (SSSR count). The summed E-state index contributed by atoms with van der Waals surface area (Å²) in [4.78, 5) is 0. The highest BCUT2D eigenvalue weighted by Crippen LogP contribution is 2.14. The van der Waals surface area contributed by atoms with Gasteiger partial charge in [0.05, 0.1) is 20.6 Å². The fourth-order valence-electron chi connectivity index (χ4n) is 3.89. The first kappa shape index (κ1) is 26.5. The Labute approximate surface area is 176 Å². The largest absolute Gasteiger partial charge is 1.00 e. The summed E-state index contributed by atoms with van der Waals surface area (Å²) < 4.78 is 1.11. The van der Waals surface area contributed by atoms with Gasteiger partial charge in [-0.15, -0.1) is 0 Å². The minimum absolute atomic E-state index is 0. The summed E-state index contributed by atoms with van der Waals surface area (Å²) in [6.07, 6.45) is 20.2. The Hall–Kier alpha value is -0.530. The molecule has 2 heteroatoms. The van der Waals surface area contributed by atoms with Crippen LogP contribution in [0.15, 0.2) is 30.3 Å². The van der Waals surface area contributed by atoms with Crippen molar-refractivity contribution in [3.8, 4) is 0 Å². The molecule has 0 saturated carbocycles. The van der Waals surface area contributed by atoms with Crippen molar-refractivity contribution >= 4 is 0 Å². The quantitative estimate of drug-likeness (QED) is 0.264. The van der Waals surface area contributed by atoms with Gasteiger partial charge in [0.1, 0.15) is 6.54 Å². The molecule has 1 aromatic carbocycles. The van der Waals surface area contributed by atoms with E-state index in [-0.39, 0.29) is 12.4 Å². The highest BCUT2D eigenvalue weighted by atomic mass is 35.5. The first-order valence-electron chi connectivity index (χ1n) is 11.5. The van der Waals surface area contributed by atoms with E-state index in [4.69, 9.17) is 0 Å². The Morgan fingerprint density at radius 2 is 1.00 bits per heavy atom. The molecule has 0 atom stereocenters.